The van der Waals surface area contributed by atoms with E-state index in [0.717, 1.165) is 16.7 Å². The molecule has 1 aromatic carbocycles. The van der Waals surface area contributed by atoms with Crippen LogP contribution < -0.4 is 0 Å². The number of benzene rings is 1. The van der Waals surface area contributed by atoms with E-state index in [1.54, 1.807) is 18.3 Å². The predicted molar refractivity (Wildman–Crippen MR) is 86.7 cm³/mol. The van der Waals surface area contributed by atoms with Crippen molar-refractivity contribution in [2.24, 2.45) is 0 Å². The van der Waals surface area contributed by atoms with E-state index in [0.29, 0.717) is 27.6 Å². The molecule has 0 unspecified atom stereocenters. The molecule has 0 aliphatic rings. The van der Waals surface area contributed by atoms with E-state index in [-0.39, 0.29) is 0 Å². The van der Waals surface area contributed by atoms with Crippen LogP contribution in [0.5, 0.6) is 0 Å². The Labute approximate surface area is 137 Å². The number of aromatic amines is 1. The Hall–Kier alpha value is -2.04. The van der Waals surface area contributed by atoms with Gasteiger partial charge in [-0.3, -0.25) is 0 Å². The third kappa shape index (κ3) is 2.67. The largest absolute Gasteiger partial charge is 0.465 e. The molecule has 0 saturated carbocycles. The van der Waals surface area contributed by atoms with E-state index in [1.165, 1.54) is 7.11 Å². The summed E-state index contributed by atoms with van der Waals surface area (Å²) in [6.45, 7) is 0. The number of fused-ring (bicyclic) bond motifs is 1. The van der Waals surface area contributed by atoms with Crippen molar-refractivity contribution in [1.82, 2.24) is 9.97 Å². The molecule has 0 bridgehead atoms. The van der Waals surface area contributed by atoms with Gasteiger partial charge < -0.3 is 9.72 Å². The molecule has 1 N–H and O–H groups in total. The molecule has 0 saturated heterocycles. The fourth-order valence-electron chi connectivity index (χ4n) is 2.33. The number of halogens is 2. The minimum atomic E-state index is -0.485. The first-order valence-corrected chi connectivity index (χ1v) is 7.33. The maximum Gasteiger partial charge on any atom is 0.339 e. The van der Waals surface area contributed by atoms with Gasteiger partial charge >= 0.3 is 5.97 Å². The number of methoxy groups -OCH3 is 1. The number of hydrogen-bond donors (Lipinski definition) is 1. The quantitative estimate of drug-likeness (QED) is 0.728. The molecule has 0 aliphatic heterocycles. The second-order valence-corrected chi connectivity index (χ2v) is 5.58. The van der Waals surface area contributed by atoms with Crippen molar-refractivity contribution in [2.45, 2.75) is 6.42 Å². The lowest BCUT2D eigenvalue weighted by Crippen LogP contribution is -2.04. The monoisotopic (exact) mass is 334 g/mol. The molecule has 0 radical (unpaired) electrons. The Morgan fingerprint density at radius 3 is 2.86 bits per heavy atom. The zero-order valence-corrected chi connectivity index (χ0v) is 13.2. The molecule has 22 heavy (non-hydrogen) atoms. The van der Waals surface area contributed by atoms with Crippen LogP contribution >= 0.6 is 23.2 Å². The van der Waals surface area contributed by atoms with E-state index in [9.17, 15) is 4.79 Å². The molecule has 3 aromatic rings. The lowest BCUT2D eigenvalue weighted by molar-refractivity contribution is 0.0601. The summed E-state index contributed by atoms with van der Waals surface area (Å²) in [5.74, 6) is -0.485. The molecule has 0 atom stereocenters. The van der Waals surface area contributed by atoms with E-state index in [1.807, 2.05) is 18.2 Å². The third-order valence-corrected chi connectivity index (χ3v) is 4.19. The highest BCUT2D eigenvalue weighted by molar-refractivity contribution is 6.38. The fourth-order valence-corrected chi connectivity index (χ4v) is 2.91. The summed E-state index contributed by atoms with van der Waals surface area (Å²) < 4.78 is 4.73. The Morgan fingerprint density at radius 1 is 1.32 bits per heavy atom. The summed E-state index contributed by atoms with van der Waals surface area (Å²) in [7, 11) is 1.32. The number of hydrogen-bond acceptors (Lipinski definition) is 3. The van der Waals surface area contributed by atoms with E-state index in [2.05, 4.69) is 9.97 Å². The number of rotatable bonds is 3. The number of carbonyl (C=O) groups is 1. The SMILES string of the molecule is COC(=O)c1ccc(Cl)c(Cc2cc3cccnc3[nH]2)c1Cl. The number of ether oxygens (including phenoxy) is 1. The minimum absolute atomic E-state index is 0.304. The van der Waals surface area contributed by atoms with Gasteiger partial charge in [0.2, 0.25) is 0 Å². The van der Waals surface area contributed by atoms with Gasteiger partial charge in [0, 0.05) is 28.7 Å². The number of pyridine rings is 1. The number of esters is 1. The summed E-state index contributed by atoms with van der Waals surface area (Å²) >= 11 is 12.6. The molecular weight excluding hydrogens is 323 g/mol. The van der Waals surface area contributed by atoms with Crippen LogP contribution in [-0.2, 0) is 11.2 Å². The number of H-pyrrole nitrogens is 1. The van der Waals surface area contributed by atoms with Crippen LogP contribution in [0.25, 0.3) is 11.0 Å². The van der Waals surface area contributed by atoms with Crippen LogP contribution in [0.2, 0.25) is 10.0 Å². The summed E-state index contributed by atoms with van der Waals surface area (Å²) in [5, 5.41) is 1.82. The summed E-state index contributed by atoms with van der Waals surface area (Å²) in [6.07, 6.45) is 2.19. The van der Waals surface area contributed by atoms with Crippen molar-refractivity contribution >= 4 is 40.2 Å². The Kier molecular flexibility index (Phi) is 4.05. The average molecular weight is 335 g/mol. The topological polar surface area (TPSA) is 55.0 Å². The lowest BCUT2D eigenvalue weighted by atomic mass is 10.1. The molecule has 6 heteroatoms. The molecule has 2 heterocycles. The Morgan fingerprint density at radius 2 is 2.14 bits per heavy atom. The first-order chi connectivity index (χ1) is 10.6. The molecule has 112 valence electrons. The van der Waals surface area contributed by atoms with Crippen LogP contribution in [0.15, 0.2) is 36.5 Å². The summed E-state index contributed by atoms with van der Waals surface area (Å²) in [5.41, 5.74) is 2.70. The second-order valence-electron chi connectivity index (χ2n) is 4.79. The highest BCUT2D eigenvalue weighted by Gasteiger charge is 2.17. The average Bonchev–Trinajstić information content (AvgIpc) is 2.93. The number of carbonyl (C=O) groups excluding carboxylic acids is 1. The number of nitrogens with one attached hydrogen (secondary N) is 1. The molecule has 3 rings (SSSR count). The summed E-state index contributed by atoms with van der Waals surface area (Å²) in [6, 6.07) is 9.04. The van der Waals surface area contributed by atoms with Crippen LogP contribution in [-0.4, -0.2) is 23.0 Å². The van der Waals surface area contributed by atoms with Gasteiger partial charge in [-0.2, -0.15) is 0 Å². The first-order valence-electron chi connectivity index (χ1n) is 6.58. The highest BCUT2D eigenvalue weighted by Crippen LogP contribution is 2.31. The van der Waals surface area contributed by atoms with Crippen LogP contribution in [0.3, 0.4) is 0 Å². The van der Waals surface area contributed by atoms with E-state index >= 15 is 0 Å². The summed E-state index contributed by atoms with van der Waals surface area (Å²) in [4.78, 5) is 19.2. The van der Waals surface area contributed by atoms with Gasteiger partial charge in [-0.25, -0.2) is 9.78 Å². The fraction of sp³-hybridized carbons (Fsp3) is 0.125. The van der Waals surface area contributed by atoms with Gasteiger partial charge in [0.05, 0.1) is 17.7 Å². The van der Waals surface area contributed by atoms with Crippen LogP contribution in [0, 0.1) is 0 Å². The van der Waals surface area contributed by atoms with Crippen molar-refractivity contribution in [3.8, 4) is 0 Å². The van der Waals surface area contributed by atoms with Gasteiger partial charge in [0.25, 0.3) is 0 Å². The minimum Gasteiger partial charge on any atom is -0.465 e. The van der Waals surface area contributed by atoms with Crippen molar-refractivity contribution in [3.05, 3.63) is 63.4 Å². The van der Waals surface area contributed by atoms with Gasteiger partial charge in [-0.1, -0.05) is 23.2 Å². The highest BCUT2D eigenvalue weighted by atomic mass is 35.5. The third-order valence-electron chi connectivity index (χ3n) is 3.41. The van der Waals surface area contributed by atoms with Crippen molar-refractivity contribution in [1.29, 1.82) is 0 Å². The van der Waals surface area contributed by atoms with Crippen molar-refractivity contribution in [2.75, 3.05) is 7.11 Å². The zero-order valence-electron chi connectivity index (χ0n) is 11.7. The lowest BCUT2D eigenvalue weighted by Gasteiger charge is -2.09. The van der Waals surface area contributed by atoms with E-state index < -0.39 is 5.97 Å². The molecule has 0 fully saturated rings. The Bertz CT molecular complexity index is 825. The Balaban J connectivity index is 2.02. The molecule has 0 aliphatic carbocycles. The van der Waals surface area contributed by atoms with Crippen molar-refractivity contribution < 1.29 is 9.53 Å². The number of nitrogens with zero attached hydrogens (tertiary/aromatic N) is 1. The predicted octanol–water partition coefficient (Wildman–Crippen LogP) is 4.25. The molecular formula is C16H12Cl2N2O2. The van der Waals surface area contributed by atoms with Gasteiger partial charge in [0.15, 0.2) is 0 Å². The van der Waals surface area contributed by atoms with Crippen molar-refractivity contribution in [3.63, 3.8) is 0 Å². The molecule has 0 spiro atoms. The molecule has 0 amide bonds. The van der Waals surface area contributed by atoms with E-state index in [4.69, 9.17) is 27.9 Å². The van der Waals surface area contributed by atoms with Crippen LogP contribution in [0.4, 0.5) is 0 Å². The zero-order chi connectivity index (χ0) is 15.7. The maximum atomic E-state index is 11.7. The van der Waals surface area contributed by atoms with Crippen LogP contribution in [0.1, 0.15) is 21.6 Å². The van der Waals surface area contributed by atoms with Gasteiger partial charge in [0.1, 0.15) is 5.65 Å². The molecule has 2 aromatic heterocycles. The van der Waals surface area contributed by atoms with Gasteiger partial charge in [-0.15, -0.1) is 0 Å². The molecule has 4 nitrogen and oxygen atoms in total. The maximum absolute atomic E-state index is 11.7. The second kappa shape index (κ2) is 5.99. The normalized spacial score (nSPS) is 10.9. The first kappa shape index (κ1) is 14.9. The smallest absolute Gasteiger partial charge is 0.339 e. The standard InChI is InChI=1S/C16H12Cl2N2O2/c1-22-16(21)11-4-5-13(17)12(14(11)18)8-10-7-9-3-2-6-19-15(9)20-10/h2-7H,8H2,1H3,(H,19,20). The number of aromatic nitrogens is 2. The van der Waals surface area contributed by atoms with Gasteiger partial charge in [-0.05, 0) is 35.9 Å².